The molecule has 11 nitrogen and oxygen atoms in total. The van der Waals surface area contributed by atoms with E-state index in [1.165, 1.54) is 4.80 Å². The Morgan fingerprint density at radius 1 is 1.17 bits per heavy atom. The van der Waals surface area contributed by atoms with E-state index in [2.05, 4.69) is 20.7 Å². The van der Waals surface area contributed by atoms with E-state index < -0.39 is 6.04 Å². The molecular formula is C25H30N6O5. The molecule has 2 aliphatic rings. The minimum atomic E-state index is -0.640. The van der Waals surface area contributed by atoms with E-state index >= 15 is 0 Å². The Labute approximate surface area is 208 Å². The van der Waals surface area contributed by atoms with Gasteiger partial charge in [0.15, 0.2) is 17.3 Å². The summed E-state index contributed by atoms with van der Waals surface area (Å²) in [6, 6.07) is 8.62. The van der Waals surface area contributed by atoms with Crippen molar-refractivity contribution in [3.05, 3.63) is 41.7 Å². The van der Waals surface area contributed by atoms with Gasteiger partial charge in [0.1, 0.15) is 18.3 Å². The van der Waals surface area contributed by atoms with Crippen molar-refractivity contribution in [1.82, 2.24) is 30.4 Å². The lowest BCUT2D eigenvalue weighted by Crippen LogP contribution is -2.51. The molecule has 0 saturated heterocycles. The van der Waals surface area contributed by atoms with Crippen LogP contribution in [0.2, 0.25) is 0 Å². The molecule has 1 atom stereocenters. The standard InChI is InChI=1S/C25H30N6O5/c1-3-19(25(33)26-18-6-4-5-7-18)30(13-17-9-11-20-22(12-17)35-15-34-20)23(32)14-31-28-24(27-29-31)21-10-8-16(2)36-21/h8-12,18-19H,3-7,13-15H2,1-2H3,(H,26,33)/t19-/m1/s1. The Bertz CT molecular complexity index is 1230. The fraction of sp³-hybridized carbons (Fsp3) is 0.480. The van der Waals surface area contributed by atoms with Crippen LogP contribution >= 0.6 is 0 Å². The molecule has 1 aromatic carbocycles. The third-order valence-corrected chi connectivity index (χ3v) is 6.57. The van der Waals surface area contributed by atoms with Crippen LogP contribution in [0.5, 0.6) is 11.5 Å². The fourth-order valence-electron chi connectivity index (χ4n) is 4.70. The van der Waals surface area contributed by atoms with E-state index in [1.54, 1.807) is 11.0 Å². The van der Waals surface area contributed by atoms with E-state index in [9.17, 15) is 9.59 Å². The van der Waals surface area contributed by atoms with Gasteiger partial charge in [-0.05, 0) is 61.2 Å². The summed E-state index contributed by atoms with van der Waals surface area (Å²) in [5.41, 5.74) is 0.831. The lowest BCUT2D eigenvalue weighted by Gasteiger charge is -2.31. The van der Waals surface area contributed by atoms with Crippen molar-refractivity contribution in [3.8, 4) is 23.1 Å². The fourth-order valence-corrected chi connectivity index (χ4v) is 4.70. The zero-order valence-corrected chi connectivity index (χ0v) is 20.5. The van der Waals surface area contributed by atoms with E-state index in [4.69, 9.17) is 13.9 Å². The van der Waals surface area contributed by atoms with Crippen LogP contribution in [0, 0.1) is 6.92 Å². The molecule has 11 heteroatoms. The minimum Gasteiger partial charge on any atom is -0.458 e. The van der Waals surface area contributed by atoms with Crippen LogP contribution in [-0.4, -0.2) is 55.8 Å². The second-order valence-corrected chi connectivity index (χ2v) is 9.18. The first-order chi connectivity index (χ1) is 17.5. The van der Waals surface area contributed by atoms with E-state index in [-0.39, 0.29) is 37.7 Å². The summed E-state index contributed by atoms with van der Waals surface area (Å²) in [4.78, 5) is 29.7. The van der Waals surface area contributed by atoms with Crippen molar-refractivity contribution in [1.29, 1.82) is 0 Å². The molecule has 0 spiro atoms. The molecule has 190 valence electrons. The third-order valence-electron chi connectivity index (χ3n) is 6.57. The van der Waals surface area contributed by atoms with Gasteiger partial charge >= 0.3 is 0 Å². The number of rotatable bonds is 9. The number of nitrogens with one attached hydrogen (secondary N) is 1. The molecule has 0 bridgehead atoms. The number of aryl methyl sites for hydroxylation is 1. The number of fused-ring (bicyclic) bond motifs is 1. The molecular weight excluding hydrogens is 464 g/mol. The third kappa shape index (κ3) is 5.19. The molecule has 1 fully saturated rings. The van der Waals surface area contributed by atoms with E-state index in [0.29, 0.717) is 29.5 Å². The maximum Gasteiger partial charge on any atom is 0.247 e. The number of benzene rings is 1. The molecule has 1 aliphatic heterocycles. The van der Waals surface area contributed by atoms with Crippen LogP contribution in [-0.2, 0) is 22.7 Å². The number of amides is 2. The number of ether oxygens (including phenoxy) is 2. The molecule has 1 aliphatic carbocycles. The Balaban J connectivity index is 1.36. The Morgan fingerprint density at radius 3 is 2.72 bits per heavy atom. The molecule has 2 aromatic heterocycles. The van der Waals surface area contributed by atoms with E-state index in [1.807, 2.05) is 38.1 Å². The number of aromatic nitrogens is 4. The van der Waals surface area contributed by atoms with Crippen LogP contribution in [0.1, 0.15) is 50.4 Å². The summed E-state index contributed by atoms with van der Waals surface area (Å²) in [7, 11) is 0. The second-order valence-electron chi connectivity index (χ2n) is 9.18. The van der Waals surface area contributed by atoms with Crippen LogP contribution in [0.4, 0.5) is 0 Å². The van der Waals surface area contributed by atoms with Gasteiger partial charge in [-0.2, -0.15) is 4.80 Å². The van der Waals surface area contributed by atoms with Gasteiger partial charge < -0.3 is 24.1 Å². The van der Waals surface area contributed by atoms with Gasteiger partial charge in [-0.1, -0.05) is 25.8 Å². The predicted molar refractivity (Wildman–Crippen MR) is 128 cm³/mol. The topological polar surface area (TPSA) is 125 Å². The summed E-state index contributed by atoms with van der Waals surface area (Å²) < 4.78 is 16.5. The van der Waals surface area contributed by atoms with Crippen molar-refractivity contribution in [2.24, 2.45) is 0 Å². The van der Waals surface area contributed by atoms with Crippen LogP contribution in [0.15, 0.2) is 34.7 Å². The molecule has 1 saturated carbocycles. The number of carbonyl (C=O) groups is 2. The maximum atomic E-state index is 13.6. The smallest absolute Gasteiger partial charge is 0.247 e. The molecule has 5 rings (SSSR count). The zero-order chi connectivity index (χ0) is 25.1. The average molecular weight is 495 g/mol. The Morgan fingerprint density at radius 2 is 1.97 bits per heavy atom. The monoisotopic (exact) mass is 494 g/mol. The first-order valence-corrected chi connectivity index (χ1v) is 12.3. The summed E-state index contributed by atoms with van der Waals surface area (Å²) in [5.74, 6) is 2.36. The Kier molecular flexibility index (Phi) is 6.88. The first kappa shape index (κ1) is 23.8. The van der Waals surface area contributed by atoms with Gasteiger partial charge in [0.25, 0.3) is 0 Å². The first-order valence-electron chi connectivity index (χ1n) is 12.3. The molecule has 1 N–H and O–H groups in total. The molecule has 3 aromatic rings. The van der Waals surface area contributed by atoms with E-state index in [0.717, 1.165) is 37.0 Å². The second kappa shape index (κ2) is 10.4. The SMILES string of the molecule is CC[C@H](C(=O)NC1CCCC1)N(Cc1ccc2c(c1)OCO2)C(=O)Cn1nnc(-c2ccc(C)o2)n1. The van der Waals surface area contributed by atoms with Crippen molar-refractivity contribution in [2.45, 2.75) is 71.1 Å². The van der Waals surface area contributed by atoms with Crippen molar-refractivity contribution < 1.29 is 23.5 Å². The van der Waals surface area contributed by atoms with Crippen molar-refractivity contribution in [2.75, 3.05) is 6.79 Å². The molecule has 3 heterocycles. The predicted octanol–water partition coefficient (Wildman–Crippen LogP) is 2.84. The summed E-state index contributed by atoms with van der Waals surface area (Å²) in [5, 5.41) is 15.5. The average Bonchev–Trinajstić information content (AvgIpc) is 3.66. The number of nitrogens with zero attached hydrogens (tertiary/aromatic N) is 5. The molecule has 2 amide bonds. The lowest BCUT2D eigenvalue weighted by atomic mass is 10.1. The summed E-state index contributed by atoms with van der Waals surface area (Å²) in [6.45, 7) is 3.96. The zero-order valence-electron chi connectivity index (χ0n) is 20.5. The van der Waals surface area contributed by atoms with Gasteiger partial charge in [-0.15, -0.1) is 10.2 Å². The van der Waals surface area contributed by atoms with Gasteiger partial charge in [-0.3, -0.25) is 9.59 Å². The largest absolute Gasteiger partial charge is 0.458 e. The highest BCUT2D eigenvalue weighted by Gasteiger charge is 2.31. The van der Waals surface area contributed by atoms with Crippen molar-refractivity contribution in [3.63, 3.8) is 0 Å². The molecule has 36 heavy (non-hydrogen) atoms. The number of furan rings is 1. The highest BCUT2D eigenvalue weighted by atomic mass is 16.7. The van der Waals surface area contributed by atoms with Crippen LogP contribution < -0.4 is 14.8 Å². The maximum absolute atomic E-state index is 13.6. The highest BCUT2D eigenvalue weighted by Crippen LogP contribution is 2.33. The lowest BCUT2D eigenvalue weighted by molar-refractivity contribution is -0.142. The van der Waals surface area contributed by atoms with Crippen LogP contribution in [0.3, 0.4) is 0 Å². The highest BCUT2D eigenvalue weighted by molar-refractivity contribution is 5.87. The normalized spacial score (nSPS) is 15.7. The molecule has 0 radical (unpaired) electrons. The van der Waals surface area contributed by atoms with Crippen LogP contribution in [0.25, 0.3) is 11.6 Å². The minimum absolute atomic E-state index is 0.142. The number of hydrogen-bond acceptors (Lipinski definition) is 8. The number of tetrazole rings is 1. The van der Waals surface area contributed by atoms with Gasteiger partial charge in [0.2, 0.25) is 24.4 Å². The number of carbonyl (C=O) groups excluding carboxylic acids is 2. The van der Waals surface area contributed by atoms with Gasteiger partial charge in [0, 0.05) is 12.6 Å². The Hall–Kier alpha value is -3.89. The summed E-state index contributed by atoms with van der Waals surface area (Å²) >= 11 is 0. The van der Waals surface area contributed by atoms with Crippen molar-refractivity contribution >= 4 is 11.8 Å². The van der Waals surface area contributed by atoms with Gasteiger partial charge in [-0.25, -0.2) is 0 Å². The summed E-state index contributed by atoms with van der Waals surface area (Å²) in [6.07, 6.45) is 4.62. The number of hydrogen-bond donors (Lipinski definition) is 1. The van der Waals surface area contributed by atoms with Gasteiger partial charge in [0.05, 0.1) is 0 Å². The quantitative estimate of drug-likeness (QED) is 0.482. The molecule has 0 unspecified atom stereocenters.